The number of aryl methyl sites for hydroxylation is 1. The quantitative estimate of drug-likeness (QED) is 0.311. The highest BCUT2D eigenvalue weighted by Gasteiger charge is 2.02. The fourth-order valence-electron chi connectivity index (χ4n) is 3.62. The summed E-state index contributed by atoms with van der Waals surface area (Å²) in [4.78, 5) is 0. The van der Waals surface area contributed by atoms with Crippen LogP contribution in [0.3, 0.4) is 0 Å². The molecule has 154 valence electrons. The van der Waals surface area contributed by atoms with Crippen LogP contribution in [-0.4, -0.2) is 11.2 Å². The van der Waals surface area contributed by atoms with E-state index in [-0.39, 0.29) is 6.10 Å². The molecular weight excluding hydrogens is 342 g/mol. The van der Waals surface area contributed by atoms with Crippen molar-refractivity contribution in [2.24, 2.45) is 0 Å². The lowest BCUT2D eigenvalue weighted by molar-refractivity contribution is 0.148. The number of rotatable bonds is 15. The van der Waals surface area contributed by atoms with Gasteiger partial charge < -0.3 is 10.4 Å². The number of benzene rings is 2. The summed E-state index contributed by atoms with van der Waals surface area (Å²) in [5.74, 6) is 0. The van der Waals surface area contributed by atoms with E-state index in [1.165, 1.54) is 63.4 Å². The highest BCUT2D eigenvalue weighted by Crippen LogP contribution is 2.18. The normalized spacial score (nSPS) is 12.1. The smallest absolute Gasteiger partial charge is 0.0540 e. The molecular formula is C26H39NO. The van der Waals surface area contributed by atoms with E-state index >= 15 is 0 Å². The van der Waals surface area contributed by atoms with Gasteiger partial charge in [-0.15, -0.1) is 0 Å². The van der Waals surface area contributed by atoms with Crippen molar-refractivity contribution in [1.29, 1.82) is 0 Å². The van der Waals surface area contributed by atoms with Gasteiger partial charge >= 0.3 is 0 Å². The van der Waals surface area contributed by atoms with Crippen LogP contribution >= 0.6 is 0 Å². The zero-order valence-corrected chi connectivity index (χ0v) is 17.7. The molecule has 1 unspecified atom stereocenters. The number of aliphatic hydroxyl groups excluding tert-OH is 1. The Bertz CT molecular complexity index is 608. The van der Waals surface area contributed by atoms with Gasteiger partial charge in [-0.25, -0.2) is 0 Å². The SMILES string of the molecule is CCCCC(O)CCCCCCCCCc1ccc(Nc2ccccc2)cc1. The Hall–Kier alpha value is -1.80. The van der Waals surface area contributed by atoms with Crippen molar-refractivity contribution in [2.45, 2.75) is 90.1 Å². The van der Waals surface area contributed by atoms with Crippen LogP contribution in [0.5, 0.6) is 0 Å². The van der Waals surface area contributed by atoms with Gasteiger partial charge in [0, 0.05) is 11.4 Å². The molecule has 0 aliphatic heterocycles. The fourth-order valence-corrected chi connectivity index (χ4v) is 3.62. The van der Waals surface area contributed by atoms with Crippen molar-refractivity contribution in [2.75, 3.05) is 5.32 Å². The molecule has 0 aliphatic carbocycles. The molecule has 2 heteroatoms. The van der Waals surface area contributed by atoms with Crippen LogP contribution in [0.4, 0.5) is 11.4 Å². The predicted molar refractivity (Wildman–Crippen MR) is 122 cm³/mol. The minimum absolute atomic E-state index is 0.0609. The number of hydrogen-bond acceptors (Lipinski definition) is 2. The minimum Gasteiger partial charge on any atom is -0.393 e. The van der Waals surface area contributed by atoms with Crippen LogP contribution in [-0.2, 0) is 6.42 Å². The van der Waals surface area contributed by atoms with E-state index in [2.05, 4.69) is 48.6 Å². The third kappa shape index (κ3) is 9.94. The van der Waals surface area contributed by atoms with Crippen molar-refractivity contribution in [1.82, 2.24) is 0 Å². The topological polar surface area (TPSA) is 32.3 Å². The molecule has 28 heavy (non-hydrogen) atoms. The van der Waals surface area contributed by atoms with E-state index in [9.17, 15) is 5.11 Å². The average molecular weight is 382 g/mol. The van der Waals surface area contributed by atoms with Gasteiger partial charge in [0.2, 0.25) is 0 Å². The fraction of sp³-hybridized carbons (Fsp3) is 0.538. The Morgan fingerprint density at radius 3 is 1.93 bits per heavy atom. The van der Waals surface area contributed by atoms with E-state index < -0.39 is 0 Å². The average Bonchev–Trinajstić information content (AvgIpc) is 2.73. The van der Waals surface area contributed by atoms with E-state index in [0.29, 0.717) is 0 Å². The molecule has 0 saturated heterocycles. The van der Waals surface area contributed by atoms with Crippen LogP contribution in [0.25, 0.3) is 0 Å². The Labute approximate surface area is 172 Å². The molecule has 0 amide bonds. The Kier molecular flexibility index (Phi) is 11.4. The van der Waals surface area contributed by atoms with Gasteiger partial charge in [-0.2, -0.15) is 0 Å². The van der Waals surface area contributed by atoms with Gasteiger partial charge in [0.15, 0.2) is 0 Å². The maximum atomic E-state index is 9.85. The lowest BCUT2D eigenvalue weighted by Crippen LogP contribution is -2.05. The molecule has 1 atom stereocenters. The molecule has 2 aromatic carbocycles. The van der Waals surface area contributed by atoms with Crippen LogP contribution in [0, 0.1) is 0 Å². The van der Waals surface area contributed by atoms with Crippen LogP contribution in [0.15, 0.2) is 54.6 Å². The molecule has 0 heterocycles. The lowest BCUT2D eigenvalue weighted by Gasteiger charge is -2.09. The molecule has 0 radical (unpaired) electrons. The molecule has 2 nitrogen and oxygen atoms in total. The first-order chi connectivity index (χ1) is 13.8. The van der Waals surface area contributed by atoms with Crippen LogP contribution in [0.1, 0.15) is 83.1 Å². The molecule has 0 fully saturated rings. The summed E-state index contributed by atoms with van der Waals surface area (Å²) in [6, 6.07) is 19.2. The Morgan fingerprint density at radius 1 is 0.679 bits per heavy atom. The molecule has 0 aromatic heterocycles. The second-order valence-electron chi connectivity index (χ2n) is 8.00. The number of para-hydroxylation sites is 1. The third-order valence-corrected chi connectivity index (χ3v) is 5.41. The van der Waals surface area contributed by atoms with Crippen molar-refractivity contribution >= 4 is 11.4 Å². The molecule has 2 aromatic rings. The second kappa shape index (κ2) is 14.2. The molecule has 2 N–H and O–H groups in total. The van der Waals surface area contributed by atoms with Gasteiger partial charge in [-0.05, 0) is 55.5 Å². The van der Waals surface area contributed by atoms with Crippen molar-refractivity contribution < 1.29 is 5.11 Å². The summed E-state index contributed by atoms with van der Waals surface area (Å²) in [6.07, 6.45) is 14.5. The second-order valence-corrected chi connectivity index (χ2v) is 8.00. The largest absolute Gasteiger partial charge is 0.393 e. The number of nitrogens with one attached hydrogen (secondary N) is 1. The van der Waals surface area contributed by atoms with Gasteiger partial charge in [0.1, 0.15) is 0 Å². The number of aliphatic hydroxyl groups is 1. The monoisotopic (exact) mass is 381 g/mol. The third-order valence-electron chi connectivity index (χ3n) is 5.41. The highest BCUT2D eigenvalue weighted by atomic mass is 16.3. The van der Waals surface area contributed by atoms with Gasteiger partial charge in [0.25, 0.3) is 0 Å². The van der Waals surface area contributed by atoms with E-state index in [1.807, 2.05) is 18.2 Å². The first-order valence-electron chi connectivity index (χ1n) is 11.4. The van der Waals surface area contributed by atoms with Crippen molar-refractivity contribution in [3.8, 4) is 0 Å². The van der Waals surface area contributed by atoms with Gasteiger partial charge in [-0.1, -0.05) is 88.6 Å². The van der Waals surface area contributed by atoms with E-state index in [4.69, 9.17) is 0 Å². The maximum Gasteiger partial charge on any atom is 0.0540 e. The first-order valence-corrected chi connectivity index (χ1v) is 11.4. The number of unbranched alkanes of at least 4 members (excludes halogenated alkanes) is 7. The molecule has 0 bridgehead atoms. The predicted octanol–water partition coefficient (Wildman–Crippen LogP) is 7.64. The summed E-state index contributed by atoms with van der Waals surface area (Å²) < 4.78 is 0. The molecule has 0 saturated carbocycles. The zero-order chi connectivity index (χ0) is 19.9. The van der Waals surface area contributed by atoms with Gasteiger partial charge in [-0.3, -0.25) is 0 Å². The Morgan fingerprint density at radius 2 is 1.25 bits per heavy atom. The maximum absolute atomic E-state index is 9.85. The summed E-state index contributed by atoms with van der Waals surface area (Å²) in [5, 5.41) is 13.3. The van der Waals surface area contributed by atoms with Gasteiger partial charge in [0.05, 0.1) is 6.10 Å². The number of hydrogen-bond donors (Lipinski definition) is 2. The zero-order valence-electron chi connectivity index (χ0n) is 17.7. The minimum atomic E-state index is -0.0609. The molecule has 2 rings (SSSR count). The van der Waals surface area contributed by atoms with Crippen molar-refractivity contribution in [3.05, 3.63) is 60.2 Å². The summed E-state index contributed by atoms with van der Waals surface area (Å²) in [6.45, 7) is 2.19. The molecule has 0 spiro atoms. The van der Waals surface area contributed by atoms with E-state index in [1.54, 1.807) is 0 Å². The molecule has 0 aliphatic rings. The van der Waals surface area contributed by atoms with Crippen LogP contribution in [0.2, 0.25) is 0 Å². The first kappa shape index (κ1) is 22.5. The van der Waals surface area contributed by atoms with E-state index in [0.717, 1.165) is 30.6 Å². The number of anilines is 2. The highest BCUT2D eigenvalue weighted by molar-refractivity contribution is 5.59. The summed E-state index contributed by atoms with van der Waals surface area (Å²) >= 11 is 0. The summed E-state index contributed by atoms with van der Waals surface area (Å²) in [5.41, 5.74) is 3.71. The van der Waals surface area contributed by atoms with Crippen LogP contribution < -0.4 is 5.32 Å². The summed E-state index contributed by atoms with van der Waals surface area (Å²) in [7, 11) is 0. The standard InChI is InChI=1S/C26H39NO/c1-2-3-17-26(28)18-13-8-6-4-5-7-10-14-23-19-21-25(22-20-23)27-24-15-11-9-12-16-24/h9,11-12,15-16,19-22,26-28H,2-8,10,13-14,17-18H2,1H3. The lowest BCUT2D eigenvalue weighted by atomic mass is 10.0. The van der Waals surface area contributed by atoms with Crippen molar-refractivity contribution in [3.63, 3.8) is 0 Å². The Balaban J connectivity index is 1.47.